The number of rotatable bonds is 2. The fourth-order valence-electron chi connectivity index (χ4n) is 1.15. The van der Waals surface area contributed by atoms with Gasteiger partial charge >= 0.3 is 0 Å². The summed E-state index contributed by atoms with van der Waals surface area (Å²) in [5, 5.41) is 0.176. The smallest absolute Gasteiger partial charge is 0.226 e. The molecule has 0 unspecified atom stereocenters. The summed E-state index contributed by atoms with van der Waals surface area (Å²) in [7, 11) is 0. The molecule has 0 spiro atoms. The molecule has 0 aliphatic carbocycles. The molecule has 0 radical (unpaired) electrons. The largest absolute Gasteiger partial charge is 0.439 e. The normalized spacial score (nSPS) is 10.2. The lowest BCUT2D eigenvalue weighted by atomic mass is 10.3. The van der Waals surface area contributed by atoms with E-state index in [1.165, 1.54) is 0 Å². The van der Waals surface area contributed by atoms with Gasteiger partial charge in [-0.05, 0) is 36.7 Å². The Kier molecular flexibility index (Phi) is 3.41. The van der Waals surface area contributed by atoms with Gasteiger partial charge in [-0.2, -0.15) is 4.98 Å². The van der Waals surface area contributed by atoms with E-state index in [4.69, 9.17) is 16.3 Å². The zero-order valence-electron chi connectivity index (χ0n) is 8.45. The maximum Gasteiger partial charge on any atom is 0.226 e. The summed E-state index contributed by atoms with van der Waals surface area (Å²) in [5.41, 5.74) is 0.837. The van der Waals surface area contributed by atoms with E-state index in [-0.39, 0.29) is 5.28 Å². The maximum atomic E-state index is 5.70. The molecular formula is C11H8BrClN2O. The highest BCUT2D eigenvalue weighted by Crippen LogP contribution is 2.25. The number of ether oxygens (including phenoxy) is 1. The fourth-order valence-corrected chi connectivity index (χ4v) is 1.66. The van der Waals surface area contributed by atoms with Gasteiger partial charge in [-0.25, -0.2) is 4.98 Å². The highest BCUT2D eigenvalue weighted by Gasteiger charge is 2.05. The van der Waals surface area contributed by atoms with E-state index in [9.17, 15) is 0 Å². The molecule has 0 aliphatic heterocycles. The predicted molar refractivity (Wildman–Crippen MR) is 66.0 cm³/mol. The number of aromatic nitrogens is 2. The van der Waals surface area contributed by atoms with Crippen LogP contribution in [0.5, 0.6) is 11.6 Å². The Labute approximate surface area is 107 Å². The first-order chi connectivity index (χ1) is 7.65. The number of halogens is 2. The summed E-state index contributed by atoms with van der Waals surface area (Å²) in [6.07, 6.45) is 1.63. The topological polar surface area (TPSA) is 35.0 Å². The molecule has 0 bridgehead atoms. The first-order valence-electron chi connectivity index (χ1n) is 4.58. The average Bonchev–Trinajstić information content (AvgIpc) is 2.24. The van der Waals surface area contributed by atoms with Crippen molar-refractivity contribution in [3.8, 4) is 11.6 Å². The van der Waals surface area contributed by atoms with Crippen molar-refractivity contribution in [2.24, 2.45) is 0 Å². The Morgan fingerprint density at radius 1 is 1.38 bits per heavy atom. The van der Waals surface area contributed by atoms with Crippen LogP contribution >= 0.6 is 27.5 Å². The minimum absolute atomic E-state index is 0.176. The Balaban J connectivity index is 2.30. The van der Waals surface area contributed by atoms with Crippen LogP contribution in [0.1, 0.15) is 5.56 Å². The highest BCUT2D eigenvalue weighted by atomic mass is 79.9. The first-order valence-corrected chi connectivity index (χ1v) is 5.75. The Morgan fingerprint density at radius 2 is 2.19 bits per heavy atom. The quantitative estimate of drug-likeness (QED) is 0.786. The molecular weight excluding hydrogens is 291 g/mol. The summed E-state index contributed by atoms with van der Waals surface area (Å²) in [5.74, 6) is 1.17. The Hall–Kier alpha value is -1.13. The molecule has 0 amide bonds. The van der Waals surface area contributed by atoms with Crippen LogP contribution in [-0.2, 0) is 0 Å². The molecule has 0 saturated heterocycles. The van der Waals surface area contributed by atoms with Gasteiger partial charge in [0.05, 0.1) is 0 Å². The van der Waals surface area contributed by atoms with Crippen molar-refractivity contribution in [2.75, 3.05) is 0 Å². The summed E-state index contributed by atoms with van der Waals surface area (Å²) >= 11 is 9.07. The van der Waals surface area contributed by atoms with Crippen molar-refractivity contribution in [3.63, 3.8) is 0 Å². The third-order valence-electron chi connectivity index (χ3n) is 1.91. The van der Waals surface area contributed by atoms with E-state index in [1.54, 1.807) is 6.20 Å². The SMILES string of the molecule is Cc1cnc(Cl)nc1Oc1cccc(Br)c1. The zero-order chi connectivity index (χ0) is 11.5. The van der Waals surface area contributed by atoms with Crippen LogP contribution in [0.25, 0.3) is 0 Å². The molecule has 0 N–H and O–H groups in total. The van der Waals surface area contributed by atoms with Gasteiger partial charge < -0.3 is 4.74 Å². The number of aryl methyl sites for hydroxylation is 1. The lowest BCUT2D eigenvalue weighted by molar-refractivity contribution is 0.457. The van der Waals surface area contributed by atoms with Crippen LogP contribution in [0.2, 0.25) is 5.28 Å². The van der Waals surface area contributed by atoms with Crippen LogP contribution < -0.4 is 4.74 Å². The lowest BCUT2D eigenvalue weighted by Gasteiger charge is -2.07. The van der Waals surface area contributed by atoms with E-state index in [0.717, 1.165) is 10.0 Å². The van der Waals surface area contributed by atoms with E-state index in [1.807, 2.05) is 31.2 Å². The third kappa shape index (κ3) is 2.71. The van der Waals surface area contributed by atoms with Crippen molar-refractivity contribution in [1.82, 2.24) is 9.97 Å². The molecule has 1 aromatic carbocycles. The molecule has 1 aromatic heterocycles. The van der Waals surface area contributed by atoms with E-state index >= 15 is 0 Å². The van der Waals surface area contributed by atoms with Gasteiger partial charge in [0, 0.05) is 16.2 Å². The predicted octanol–water partition coefficient (Wildman–Crippen LogP) is 3.99. The maximum absolute atomic E-state index is 5.70. The molecule has 0 saturated carbocycles. The highest BCUT2D eigenvalue weighted by molar-refractivity contribution is 9.10. The monoisotopic (exact) mass is 298 g/mol. The number of hydrogen-bond donors (Lipinski definition) is 0. The second-order valence-electron chi connectivity index (χ2n) is 3.19. The van der Waals surface area contributed by atoms with E-state index in [2.05, 4.69) is 25.9 Å². The standard InChI is InChI=1S/C11H8BrClN2O/c1-7-6-14-11(13)15-10(7)16-9-4-2-3-8(12)5-9/h2-6H,1H3. The molecule has 2 aromatic rings. The Morgan fingerprint density at radius 3 is 2.94 bits per heavy atom. The second-order valence-corrected chi connectivity index (χ2v) is 4.44. The van der Waals surface area contributed by atoms with E-state index < -0.39 is 0 Å². The minimum Gasteiger partial charge on any atom is -0.439 e. The fraction of sp³-hybridized carbons (Fsp3) is 0.0909. The van der Waals surface area contributed by atoms with Gasteiger partial charge in [-0.3, -0.25) is 0 Å². The number of nitrogens with zero attached hydrogens (tertiary/aromatic N) is 2. The average molecular weight is 300 g/mol. The van der Waals surface area contributed by atoms with Gasteiger partial charge in [0.15, 0.2) is 0 Å². The van der Waals surface area contributed by atoms with Crippen LogP contribution in [0, 0.1) is 6.92 Å². The first kappa shape index (κ1) is 11.4. The zero-order valence-corrected chi connectivity index (χ0v) is 10.8. The van der Waals surface area contributed by atoms with Crippen LogP contribution in [0.4, 0.5) is 0 Å². The van der Waals surface area contributed by atoms with Crippen LogP contribution in [-0.4, -0.2) is 9.97 Å². The van der Waals surface area contributed by atoms with Gasteiger partial charge in [-0.15, -0.1) is 0 Å². The molecule has 0 atom stereocenters. The van der Waals surface area contributed by atoms with Crippen molar-refractivity contribution < 1.29 is 4.74 Å². The third-order valence-corrected chi connectivity index (χ3v) is 2.58. The van der Waals surface area contributed by atoms with Crippen LogP contribution in [0.15, 0.2) is 34.9 Å². The van der Waals surface area contributed by atoms with Gasteiger partial charge in [-0.1, -0.05) is 22.0 Å². The summed E-state index contributed by atoms with van der Waals surface area (Å²) in [6.45, 7) is 1.86. The van der Waals surface area contributed by atoms with Crippen molar-refractivity contribution in [1.29, 1.82) is 0 Å². The summed E-state index contributed by atoms with van der Waals surface area (Å²) in [6, 6.07) is 7.51. The Bertz CT molecular complexity index is 519. The number of hydrogen-bond acceptors (Lipinski definition) is 3. The van der Waals surface area contributed by atoms with Crippen molar-refractivity contribution >= 4 is 27.5 Å². The molecule has 16 heavy (non-hydrogen) atoms. The van der Waals surface area contributed by atoms with Crippen LogP contribution in [0.3, 0.4) is 0 Å². The molecule has 5 heteroatoms. The molecule has 1 heterocycles. The van der Waals surface area contributed by atoms with E-state index in [0.29, 0.717) is 11.6 Å². The second kappa shape index (κ2) is 4.80. The molecule has 0 fully saturated rings. The van der Waals surface area contributed by atoms with Gasteiger partial charge in [0.25, 0.3) is 0 Å². The number of benzene rings is 1. The van der Waals surface area contributed by atoms with Gasteiger partial charge in [0.1, 0.15) is 5.75 Å². The van der Waals surface area contributed by atoms with Crippen molar-refractivity contribution in [2.45, 2.75) is 6.92 Å². The summed E-state index contributed by atoms with van der Waals surface area (Å²) in [4.78, 5) is 7.88. The minimum atomic E-state index is 0.176. The molecule has 82 valence electrons. The molecule has 3 nitrogen and oxygen atoms in total. The van der Waals surface area contributed by atoms with Gasteiger partial charge in [0.2, 0.25) is 11.2 Å². The molecule has 0 aliphatic rings. The van der Waals surface area contributed by atoms with Crippen molar-refractivity contribution in [3.05, 3.63) is 45.8 Å². The lowest BCUT2D eigenvalue weighted by Crippen LogP contribution is -1.93. The summed E-state index contributed by atoms with van der Waals surface area (Å²) < 4.78 is 6.55. The molecule has 2 rings (SSSR count).